The third-order valence-corrected chi connectivity index (χ3v) is 2.72. The van der Waals surface area contributed by atoms with E-state index in [1.165, 1.54) is 9.59 Å². The molecule has 0 atom stereocenters. The number of tetrazole rings is 1. The molecule has 0 aliphatic rings. The van der Waals surface area contributed by atoms with Gasteiger partial charge in [-0.15, -0.1) is 12.4 Å². The normalized spacial score (nSPS) is 9.90. The third-order valence-electron chi connectivity index (χ3n) is 2.72. The molecule has 21 heavy (non-hydrogen) atoms. The van der Waals surface area contributed by atoms with E-state index in [1.54, 1.807) is 0 Å². The zero-order chi connectivity index (χ0) is 13.9. The lowest BCUT2D eigenvalue weighted by Gasteiger charge is -1.98. The molecule has 0 saturated carbocycles. The van der Waals surface area contributed by atoms with E-state index >= 15 is 0 Å². The summed E-state index contributed by atoms with van der Waals surface area (Å²) in [5.74, 6) is -1.41. The first kappa shape index (κ1) is 14.7. The number of aromatic nitrogens is 4. The van der Waals surface area contributed by atoms with Crippen LogP contribution >= 0.6 is 12.4 Å². The standard InChI is InChI=1S/C14H10N4O2.ClH/c19-14(20)13-15-17(11-7-3-1-4-8-11)18(16-13)12-9-5-2-6-10-12;/h1-10H;1H/p+1. The minimum atomic E-state index is -1.16. The molecule has 1 aromatic heterocycles. The SMILES string of the molecule is Cl.O=C(O)c1nn(-c2ccccc2)[n+](-c2ccccc2)n1. The number of aromatic carboxylic acids is 1. The van der Waals surface area contributed by atoms with Crippen LogP contribution in [0.4, 0.5) is 0 Å². The molecular formula is C14H12ClN4O2+. The van der Waals surface area contributed by atoms with E-state index in [2.05, 4.69) is 10.2 Å². The Morgan fingerprint density at radius 3 is 2.14 bits per heavy atom. The first-order chi connectivity index (χ1) is 9.75. The van der Waals surface area contributed by atoms with Crippen LogP contribution in [0.5, 0.6) is 0 Å². The third kappa shape index (κ3) is 2.90. The maximum atomic E-state index is 11.1. The van der Waals surface area contributed by atoms with E-state index in [4.69, 9.17) is 5.11 Å². The lowest BCUT2D eigenvalue weighted by molar-refractivity contribution is -0.735. The van der Waals surface area contributed by atoms with E-state index < -0.39 is 5.97 Å². The molecule has 0 radical (unpaired) electrons. The summed E-state index contributed by atoms with van der Waals surface area (Å²) in [6.07, 6.45) is 0. The number of para-hydroxylation sites is 2. The molecule has 7 heteroatoms. The molecular weight excluding hydrogens is 292 g/mol. The number of halogens is 1. The number of carboxylic acids is 1. The van der Waals surface area contributed by atoms with Crippen molar-refractivity contribution in [3.05, 3.63) is 66.5 Å². The van der Waals surface area contributed by atoms with E-state index in [0.29, 0.717) is 0 Å². The quantitative estimate of drug-likeness (QED) is 0.747. The van der Waals surface area contributed by atoms with Gasteiger partial charge < -0.3 is 5.11 Å². The van der Waals surface area contributed by atoms with Gasteiger partial charge in [0.1, 0.15) is 5.69 Å². The van der Waals surface area contributed by atoms with Gasteiger partial charge in [0.15, 0.2) is 5.69 Å². The highest BCUT2D eigenvalue weighted by Gasteiger charge is 2.26. The molecule has 0 saturated heterocycles. The highest BCUT2D eigenvalue weighted by molar-refractivity contribution is 5.85. The number of nitrogens with zero attached hydrogens (tertiary/aromatic N) is 4. The molecule has 0 unspecified atom stereocenters. The van der Waals surface area contributed by atoms with Crippen molar-refractivity contribution in [3.8, 4) is 11.4 Å². The molecule has 0 fully saturated rings. The summed E-state index contributed by atoms with van der Waals surface area (Å²) in [6, 6.07) is 18.5. The molecule has 3 rings (SSSR count). The zero-order valence-electron chi connectivity index (χ0n) is 10.8. The fourth-order valence-corrected chi connectivity index (χ4v) is 1.83. The molecule has 0 bridgehead atoms. The summed E-state index contributed by atoms with van der Waals surface area (Å²) >= 11 is 0. The van der Waals surface area contributed by atoms with Crippen LogP contribution in [-0.2, 0) is 0 Å². The van der Waals surface area contributed by atoms with Crippen molar-refractivity contribution in [1.29, 1.82) is 0 Å². The van der Waals surface area contributed by atoms with E-state index in [0.717, 1.165) is 11.4 Å². The monoisotopic (exact) mass is 303 g/mol. The van der Waals surface area contributed by atoms with E-state index in [1.807, 2.05) is 60.7 Å². The Labute approximate surface area is 126 Å². The van der Waals surface area contributed by atoms with E-state index in [9.17, 15) is 4.79 Å². The first-order valence-corrected chi connectivity index (χ1v) is 5.99. The van der Waals surface area contributed by atoms with Crippen LogP contribution in [0, 0.1) is 0 Å². The Hall–Kier alpha value is -2.73. The van der Waals surface area contributed by atoms with Gasteiger partial charge in [0.2, 0.25) is 0 Å². The molecule has 0 aliphatic heterocycles. The van der Waals surface area contributed by atoms with Gasteiger partial charge in [0.25, 0.3) is 0 Å². The summed E-state index contributed by atoms with van der Waals surface area (Å²) < 4.78 is 0. The summed E-state index contributed by atoms with van der Waals surface area (Å²) in [4.78, 5) is 14.0. The number of carboxylic acid groups (broad SMARTS) is 1. The van der Waals surface area contributed by atoms with Crippen LogP contribution in [0.25, 0.3) is 11.4 Å². The van der Waals surface area contributed by atoms with Crippen molar-refractivity contribution in [2.45, 2.75) is 0 Å². The van der Waals surface area contributed by atoms with Crippen LogP contribution in [0.2, 0.25) is 0 Å². The lowest BCUT2D eigenvalue weighted by Crippen LogP contribution is -2.43. The summed E-state index contributed by atoms with van der Waals surface area (Å²) in [6.45, 7) is 0. The van der Waals surface area contributed by atoms with Crippen LogP contribution in [0.3, 0.4) is 0 Å². The van der Waals surface area contributed by atoms with Gasteiger partial charge in [0.05, 0.1) is 5.10 Å². The molecule has 3 aromatic rings. The van der Waals surface area contributed by atoms with Crippen LogP contribution < -0.4 is 4.80 Å². The van der Waals surface area contributed by atoms with Crippen molar-refractivity contribution < 1.29 is 14.7 Å². The van der Waals surface area contributed by atoms with Crippen molar-refractivity contribution in [1.82, 2.24) is 15.0 Å². The second-order valence-electron chi connectivity index (χ2n) is 4.08. The zero-order valence-corrected chi connectivity index (χ0v) is 11.6. The minimum Gasteiger partial charge on any atom is -0.473 e. The van der Waals surface area contributed by atoms with Gasteiger partial charge in [-0.1, -0.05) is 36.4 Å². The van der Waals surface area contributed by atoms with Gasteiger partial charge in [-0.3, -0.25) is 0 Å². The molecule has 0 amide bonds. The van der Waals surface area contributed by atoms with Gasteiger partial charge in [-0.2, -0.15) is 0 Å². The predicted molar refractivity (Wildman–Crippen MR) is 77.1 cm³/mol. The Bertz CT molecular complexity index is 687. The van der Waals surface area contributed by atoms with Crippen LogP contribution in [-0.4, -0.2) is 26.1 Å². The van der Waals surface area contributed by atoms with Crippen LogP contribution in [0.15, 0.2) is 60.7 Å². The van der Waals surface area contributed by atoms with Gasteiger partial charge >= 0.3 is 11.8 Å². The van der Waals surface area contributed by atoms with Gasteiger partial charge in [0, 0.05) is 9.90 Å². The predicted octanol–water partition coefficient (Wildman–Crippen LogP) is 1.66. The average molecular weight is 304 g/mol. The highest BCUT2D eigenvalue weighted by Crippen LogP contribution is 2.05. The largest absolute Gasteiger partial charge is 0.473 e. The second kappa shape index (κ2) is 6.15. The number of hydrogen-bond donors (Lipinski definition) is 1. The Balaban J connectivity index is 0.00000161. The van der Waals surface area contributed by atoms with Crippen molar-refractivity contribution in [3.63, 3.8) is 0 Å². The first-order valence-electron chi connectivity index (χ1n) is 5.99. The second-order valence-corrected chi connectivity index (χ2v) is 4.08. The number of rotatable bonds is 3. The molecule has 0 aliphatic carbocycles. The summed E-state index contributed by atoms with van der Waals surface area (Å²) in [5, 5.41) is 17.1. The maximum Gasteiger partial charge on any atom is 0.416 e. The number of benzene rings is 2. The minimum absolute atomic E-state index is 0. The number of hydrogen-bond acceptors (Lipinski definition) is 3. The maximum absolute atomic E-state index is 11.1. The summed E-state index contributed by atoms with van der Waals surface area (Å²) in [5.41, 5.74) is 1.47. The Morgan fingerprint density at radius 1 is 1.00 bits per heavy atom. The Morgan fingerprint density at radius 2 is 1.57 bits per heavy atom. The Kier molecular flexibility index (Phi) is 4.30. The van der Waals surface area contributed by atoms with E-state index in [-0.39, 0.29) is 18.2 Å². The fourth-order valence-electron chi connectivity index (χ4n) is 1.83. The summed E-state index contributed by atoms with van der Waals surface area (Å²) in [7, 11) is 0. The fraction of sp³-hybridized carbons (Fsp3) is 0. The molecule has 6 nitrogen and oxygen atoms in total. The number of carbonyl (C=O) groups is 1. The van der Waals surface area contributed by atoms with Gasteiger partial charge in [-0.25, -0.2) is 4.79 Å². The highest BCUT2D eigenvalue weighted by atomic mass is 35.5. The molecule has 106 valence electrons. The van der Waals surface area contributed by atoms with Crippen molar-refractivity contribution >= 4 is 18.4 Å². The van der Waals surface area contributed by atoms with Crippen molar-refractivity contribution in [2.24, 2.45) is 0 Å². The molecule has 2 aromatic carbocycles. The average Bonchev–Trinajstić information content (AvgIpc) is 2.94. The van der Waals surface area contributed by atoms with Gasteiger partial charge in [-0.05, 0) is 29.1 Å². The van der Waals surface area contributed by atoms with Crippen LogP contribution in [0.1, 0.15) is 10.6 Å². The topological polar surface area (TPSA) is 71.9 Å². The molecule has 0 spiro atoms. The molecule has 1 N–H and O–H groups in total. The smallest absolute Gasteiger partial charge is 0.416 e. The molecule has 1 heterocycles. The lowest BCUT2D eigenvalue weighted by atomic mass is 10.3. The van der Waals surface area contributed by atoms with Crippen molar-refractivity contribution in [2.75, 3.05) is 0 Å².